The maximum Gasteiger partial charge on any atom is 0.238 e. The summed E-state index contributed by atoms with van der Waals surface area (Å²) in [6, 6.07) is 6.31. The molecule has 1 aromatic carbocycles. The number of amides is 1. The molecule has 1 aliphatic carbocycles. The zero-order valence-corrected chi connectivity index (χ0v) is 12.0. The second-order valence-electron chi connectivity index (χ2n) is 5.63. The molecule has 4 heteroatoms. The van der Waals surface area contributed by atoms with Crippen LogP contribution in [0, 0.1) is 11.7 Å². The highest BCUT2D eigenvalue weighted by atomic mass is 19.1. The first-order valence-electron chi connectivity index (χ1n) is 7.44. The molecule has 1 aromatic rings. The number of carbonyl (C=O) groups excluding carboxylic acids is 1. The molecule has 1 atom stereocenters. The van der Waals surface area contributed by atoms with Crippen LogP contribution >= 0.6 is 0 Å². The van der Waals surface area contributed by atoms with E-state index in [0.29, 0.717) is 17.6 Å². The van der Waals surface area contributed by atoms with Gasteiger partial charge in [-0.3, -0.25) is 4.79 Å². The van der Waals surface area contributed by atoms with Gasteiger partial charge in [-0.1, -0.05) is 25.3 Å². The minimum Gasteiger partial charge on any atom is -0.325 e. The highest BCUT2D eigenvalue weighted by molar-refractivity contribution is 5.92. The van der Waals surface area contributed by atoms with E-state index in [-0.39, 0.29) is 18.3 Å². The lowest BCUT2D eigenvalue weighted by Crippen LogP contribution is -2.39. The lowest BCUT2D eigenvalue weighted by Gasteiger charge is -2.28. The van der Waals surface area contributed by atoms with Gasteiger partial charge >= 0.3 is 0 Å². The lowest BCUT2D eigenvalue weighted by molar-refractivity contribution is -0.115. The van der Waals surface area contributed by atoms with Crippen molar-refractivity contribution < 1.29 is 9.18 Å². The number of rotatable bonds is 5. The number of carbonyl (C=O) groups is 1. The van der Waals surface area contributed by atoms with Crippen LogP contribution < -0.4 is 10.6 Å². The largest absolute Gasteiger partial charge is 0.325 e. The van der Waals surface area contributed by atoms with Gasteiger partial charge in [0.15, 0.2) is 0 Å². The quantitative estimate of drug-likeness (QED) is 0.867. The highest BCUT2D eigenvalue weighted by Crippen LogP contribution is 2.26. The smallest absolute Gasteiger partial charge is 0.238 e. The van der Waals surface area contributed by atoms with Gasteiger partial charge in [-0.25, -0.2) is 4.39 Å². The van der Waals surface area contributed by atoms with Gasteiger partial charge in [0.1, 0.15) is 5.82 Å². The fraction of sp³-hybridized carbons (Fsp3) is 0.562. The zero-order valence-electron chi connectivity index (χ0n) is 12.0. The third-order valence-corrected chi connectivity index (χ3v) is 4.05. The molecule has 2 N–H and O–H groups in total. The van der Waals surface area contributed by atoms with Crippen molar-refractivity contribution in [3.05, 3.63) is 30.1 Å². The Kier molecular flexibility index (Phi) is 5.53. The minimum absolute atomic E-state index is 0.127. The molecule has 110 valence electrons. The molecular weight excluding hydrogens is 255 g/mol. The summed E-state index contributed by atoms with van der Waals surface area (Å²) in [5, 5.41) is 5.98. The topological polar surface area (TPSA) is 41.1 Å². The Hall–Kier alpha value is -1.42. The number of benzene rings is 1. The lowest BCUT2D eigenvalue weighted by atomic mass is 9.84. The summed E-state index contributed by atoms with van der Waals surface area (Å²) in [6.07, 6.45) is 6.43. The van der Waals surface area contributed by atoms with E-state index in [2.05, 4.69) is 17.6 Å². The Morgan fingerprint density at radius 2 is 2.10 bits per heavy atom. The van der Waals surface area contributed by atoms with Crippen LogP contribution in [0.15, 0.2) is 24.3 Å². The molecular formula is C16H23FN2O. The Bertz CT molecular complexity index is 444. The van der Waals surface area contributed by atoms with E-state index < -0.39 is 0 Å². The van der Waals surface area contributed by atoms with E-state index >= 15 is 0 Å². The first-order valence-corrected chi connectivity index (χ1v) is 7.44. The monoisotopic (exact) mass is 278 g/mol. The van der Waals surface area contributed by atoms with Crippen molar-refractivity contribution in [3.63, 3.8) is 0 Å². The first kappa shape index (κ1) is 15.0. The number of nitrogens with one attached hydrogen (secondary N) is 2. The fourth-order valence-corrected chi connectivity index (χ4v) is 2.83. The van der Waals surface area contributed by atoms with Gasteiger partial charge in [0.05, 0.1) is 6.54 Å². The maximum atomic E-state index is 13.0. The number of halogens is 1. The van der Waals surface area contributed by atoms with Crippen LogP contribution in [-0.2, 0) is 4.79 Å². The molecule has 1 aliphatic rings. The molecule has 0 saturated heterocycles. The van der Waals surface area contributed by atoms with Crippen molar-refractivity contribution in [1.82, 2.24) is 5.32 Å². The van der Waals surface area contributed by atoms with Crippen LogP contribution in [0.2, 0.25) is 0 Å². The number of hydrogen-bond acceptors (Lipinski definition) is 2. The van der Waals surface area contributed by atoms with Gasteiger partial charge in [0.2, 0.25) is 5.91 Å². The fourth-order valence-electron chi connectivity index (χ4n) is 2.83. The second-order valence-corrected chi connectivity index (χ2v) is 5.63. The highest BCUT2D eigenvalue weighted by Gasteiger charge is 2.20. The van der Waals surface area contributed by atoms with E-state index in [1.807, 2.05) is 0 Å². The first-order chi connectivity index (χ1) is 9.65. The summed E-state index contributed by atoms with van der Waals surface area (Å²) in [4.78, 5) is 11.8. The van der Waals surface area contributed by atoms with E-state index in [0.717, 1.165) is 0 Å². The molecule has 0 heterocycles. The van der Waals surface area contributed by atoms with Gasteiger partial charge in [-0.2, -0.15) is 0 Å². The number of hydrogen-bond donors (Lipinski definition) is 2. The van der Waals surface area contributed by atoms with E-state index in [1.54, 1.807) is 12.1 Å². The van der Waals surface area contributed by atoms with Crippen molar-refractivity contribution in [1.29, 1.82) is 0 Å². The van der Waals surface area contributed by atoms with Crippen molar-refractivity contribution in [3.8, 4) is 0 Å². The average molecular weight is 278 g/mol. The summed E-state index contributed by atoms with van der Waals surface area (Å²) < 4.78 is 13.0. The molecule has 3 nitrogen and oxygen atoms in total. The summed E-state index contributed by atoms with van der Waals surface area (Å²) in [5.41, 5.74) is 0.502. The molecule has 0 spiro atoms. The molecule has 0 aromatic heterocycles. The van der Waals surface area contributed by atoms with Crippen molar-refractivity contribution in [2.45, 2.75) is 45.1 Å². The average Bonchev–Trinajstić information content (AvgIpc) is 2.46. The minimum atomic E-state index is -0.341. The van der Waals surface area contributed by atoms with Gasteiger partial charge in [-0.15, -0.1) is 0 Å². The van der Waals surface area contributed by atoms with E-state index in [1.165, 1.54) is 44.2 Å². The Morgan fingerprint density at radius 3 is 2.80 bits per heavy atom. The number of anilines is 1. The van der Waals surface area contributed by atoms with Crippen LogP contribution in [0.25, 0.3) is 0 Å². The summed E-state index contributed by atoms with van der Waals surface area (Å²) in [5.74, 6) is 0.204. The summed E-state index contributed by atoms with van der Waals surface area (Å²) in [6.45, 7) is 2.42. The molecule has 1 amide bonds. The normalized spacial score (nSPS) is 17.7. The Balaban J connectivity index is 1.74. The summed E-state index contributed by atoms with van der Waals surface area (Å²) in [7, 11) is 0. The third kappa shape index (κ3) is 4.60. The molecule has 1 unspecified atom stereocenters. The summed E-state index contributed by atoms with van der Waals surface area (Å²) >= 11 is 0. The van der Waals surface area contributed by atoms with Crippen LogP contribution in [0.3, 0.4) is 0 Å². The van der Waals surface area contributed by atoms with E-state index in [4.69, 9.17) is 0 Å². The van der Waals surface area contributed by atoms with Gasteiger partial charge in [0.25, 0.3) is 0 Å². The Morgan fingerprint density at radius 1 is 1.35 bits per heavy atom. The standard InChI is InChI=1S/C16H23FN2O/c1-12(13-6-3-2-4-7-13)18-11-16(20)19-15-9-5-8-14(17)10-15/h5,8-10,12-13,18H,2-4,6-7,11H2,1H3,(H,19,20). The van der Waals surface area contributed by atoms with Crippen LogP contribution in [0.4, 0.5) is 10.1 Å². The van der Waals surface area contributed by atoms with Crippen LogP contribution in [0.1, 0.15) is 39.0 Å². The van der Waals surface area contributed by atoms with Gasteiger partial charge in [0, 0.05) is 11.7 Å². The van der Waals surface area contributed by atoms with E-state index in [9.17, 15) is 9.18 Å². The molecule has 20 heavy (non-hydrogen) atoms. The van der Waals surface area contributed by atoms with Crippen molar-refractivity contribution >= 4 is 11.6 Å². The molecule has 0 aliphatic heterocycles. The van der Waals surface area contributed by atoms with Crippen molar-refractivity contribution in [2.75, 3.05) is 11.9 Å². The molecule has 1 fully saturated rings. The zero-order chi connectivity index (χ0) is 14.4. The molecule has 1 saturated carbocycles. The van der Waals surface area contributed by atoms with Crippen molar-refractivity contribution in [2.24, 2.45) is 5.92 Å². The molecule has 2 rings (SSSR count). The molecule has 0 radical (unpaired) electrons. The van der Waals surface area contributed by atoms with Gasteiger partial charge in [-0.05, 0) is 43.9 Å². The molecule has 0 bridgehead atoms. The predicted molar refractivity (Wildman–Crippen MR) is 79.1 cm³/mol. The van der Waals surface area contributed by atoms with Crippen LogP contribution in [-0.4, -0.2) is 18.5 Å². The van der Waals surface area contributed by atoms with Gasteiger partial charge < -0.3 is 10.6 Å². The SMILES string of the molecule is CC(NCC(=O)Nc1cccc(F)c1)C1CCCCC1. The van der Waals surface area contributed by atoms with Crippen LogP contribution in [0.5, 0.6) is 0 Å². The second kappa shape index (κ2) is 7.39. The Labute approximate surface area is 120 Å². The predicted octanol–water partition coefficient (Wildman–Crippen LogP) is 3.32. The maximum absolute atomic E-state index is 13.0. The third-order valence-electron chi connectivity index (χ3n) is 4.05.